The van der Waals surface area contributed by atoms with Gasteiger partial charge in [0.05, 0.1) is 13.2 Å². The van der Waals surface area contributed by atoms with E-state index >= 15 is 0 Å². The summed E-state index contributed by atoms with van der Waals surface area (Å²) in [6.45, 7) is 3.91. The molecule has 2 atom stereocenters. The van der Waals surface area contributed by atoms with Crippen LogP contribution in [0.5, 0.6) is 0 Å². The number of hydrogen-bond acceptors (Lipinski definition) is 6. The zero-order valence-electron chi connectivity index (χ0n) is 15.9. The number of Topliss-reactive ketones (excluding diaryl/α,β-unsaturated/α-hetero) is 1. The molecule has 1 heterocycles. The van der Waals surface area contributed by atoms with Gasteiger partial charge in [-0.3, -0.25) is 14.4 Å². The molecule has 0 aromatic heterocycles. The third-order valence-electron chi connectivity index (χ3n) is 4.11. The Bertz CT molecular complexity index is 707. The largest absolute Gasteiger partial charge is 0.445 e. The van der Waals surface area contributed by atoms with Gasteiger partial charge in [-0.2, -0.15) is 0 Å². The van der Waals surface area contributed by atoms with Gasteiger partial charge in [-0.25, -0.2) is 4.79 Å². The maximum atomic E-state index is 12.6. The number of rotatable bonds is 6. The molecule has 1 fully saturated rings. The van der Waals surface area contributed by atoms with Crippen LogP contribution in [0.15, 0.2) is 30.3 Å². The number of hydrogen-bond donors (Lipinski definition) is 3. The lowest BCUT2D eigenvalue weighted by molar-refractivity contribution is -0.142. The first-order valence-corrected chi connectivity index (χ1v) is 9.06. The summed E-state index contributed by atoms with van der Waals surface area (Å²) >= 11 is 0. The summed E-state index contributed by atoms with van der Waals surface area (Å²) in [6, 6.07) is 7.07. The fraction of sp³-hybridized carbons (Fsp3) is 0.474. The van der Waals surface area contributed by atoms with Crippen molar-refractivity contribution in [3.63, 3.8) is 0 Å². The molecule has 2 rings (SSSR count). The van der Waals surface area contributed by atoms with Gasteiger partial charge < -0.3 is 25.4 Å². The quantitative estimate of drug-likeness (QED) is 0.593. The molecule has 1 aromatic rings. The van der Waals surface area contributed by atoms with Gasteiger partial charge in [0.25, 0.3) is 5.91 Å². The molecule has 0 saturated carbocycles. The summed E-state index contributed by atoms with van der Waals surface area (Å²) in [5, 5.41) is 7.39. The van der Waals surface area contributed by atoms with Crippen molar-refractivity contribution < 1.29 is 28.7 Å². The second kappa shape index (κ2) is 10.4. The van der Waals surface area contributed by atoms with Crippen molar-refractivity contribution in [2.75, 3.05) is 19.8 Å². The number of carbonyl (C=O) groups excluding carboxylic acids is 4. The van der Waals surface area contributed by atoms with Crippen LogP contribution in [0.25, 0.3) is 0 Å². The summed E-state index contributed by atoms with van der Waals surface area (Å²) in [5.41, 5.74) is 0.812. The van der Waals surface area contributed by atoms with Crippen molar-refractivity contribution in [3.8, 4) is 0 Å². The molecule has 9 nitrogen and oxygen atoms in total. The van der Waals surface area contributed by atoms with E-state index in [9.17, 15) is 19.2 Å². The van der Waals surface area contributed by atoms with Crippen molar-refractivity contribution in [1.29, 1.82) is 0 Å². The molecule has 152 valence electrons. The van der Waals surface area contributed by atoms with Crippen LogP contribution < -0.4 is 16.0 Å². The Morgan fingerprint density at radius 1 is 1.25 bits per heavy atom. The Labute approximate surface area is 163 Å². The maximum absolute atomic E-state index is 12.6. The van der Waals surface area contributed by atoms with Crippen LogP contribution in [0.4, 0.5) is 4.79 Å². The Balaban J connectivity index is 1.93. The Kier molecular flexibility index (Phi) is 7.94. The van der Waals surface area contributed by atoms with Crippen molar-refractivity contribution in [2.45, 2.75) is 32.5 Å². The van der Waals surface area contributed by atoms with Crippen LogP contribution in [0.3, 0.4) is 0 Å². The van der Waals surface area contributed by atoms with Crippen LogP contribution >= 0.6 is 0 Å². The summed E-state index contributed by atoms with van der Waals surface area (Å²) in [4.78, 5) is 48.5. The minimum absolute atomic E-state index is 0.0637. The van der Waals surface area contributed by atoms with E-state index in [0.29, 0.717) is 0 Å². The minimum Gasteiger partial charge on any atom is -0.445 e. The van der Waals surface area contributed by atoms with E-state index in [-0.39, 0.29) is 32.3 Å². The average molecular weight is 391 g/mol. The van der Waals surface area contributed by atoms with Gasteiger partial charge in [0, 0.05) is 6.54 Å². The highest BCUT2D eigenvalue weighted by Crippen LogP contribution is 2.06. The lowest BCUT2D eigenvalue weighted by atomic mass is 10.0. The number of ketones is 1. The van der Waals surface area contributed by atoms with Crippen LogP contribution in [-0.4, -0.2) is 55.5 Å². The smallest absolute Gasteiger partial charge is 0.408 e. The Morgan fingerprint density at radius 2 is 1.96 bits per heavy atom. The van der Waals surface area contributed by atoms with Gasteiger partial charge in [-0.1, -0.05) is 44.2 Å². The van der Waals surface area contributed by atoms with Gasteiger partial charge in [0.2, 0.25) is 11.7 Å². The summed E-state index contributed by atoms with van der Waals surface area (Å²) in [7, 11) is 0. The number of amides is 3. The molecule has 9 heteroatoms. The first kappa shape index (κ1) is 21.4. The van der Waals surface area contributed by atoms with E-state index in [1.54, 1.807) is 13.8 Å². The van der Waals surface area contributed by atoms with Gasteiger partial charge in [-0.15, -0.1) is 0 Å². The van der Waals surface area contributed by atoms with E-state index in [0.717, 1.165) is 5.56 Å². The molecule has 3 N–H and O–H groups in total. The second-order valence-electron chi connectivity index (χ2n) is 6.68. The van der Waals surface area contributed by atoms with E-state index in [1.165, 1.54) is 0 Å². The molecular weight excluding hydrogens is 366 g/mol. The molecule has 2 unspecified atom stereocenters. The summed E-state index contributed by atoms with van der Waals surface area (Å²) in [6.07, 6.45) is -0.754. The van der Waals surface area contributed by atoms with Crippen molar-refractivity contribution in [1.82, 2.24) is 16.0 Å². The standard InChI is InChI=1S/C19H25N3O6/c1-12(2)15(22-19(26)28-10-13-6-4-3-5-7-13)17(24)21-14-11-27-9-8-20-18(25)16(14)23/h3-7,12,14-15H,8-11H2,1-2H3,(H,20,25)(H,21,24)(H,22,26). The van der Waals surface area contributed by atoms with Gasteiger partial charge in [0.1, 0.15) is 18.7 Å². The van der Waals surface area contributed by atoms with Gasteiger partial charge in [-0.05, 0) is 11.5 Å². The first-order chi connectivity index (χ1) is 13.4. The lowest BCUT2D eigenvalue weighted by Gasteiger charge is -2.25. The van der Waals surface area contributed by atoms with Crippen molar-refractivity contribution in [2.24, 2.45) is 5.92 Å². The first-order valence-electron chi connectivity index (χ1n) is 9.06. The van der Waals surface area contributed by atoms with Gasteiger partial charge >= 0.3 is 6.09 Å². The molecule has 1 aromatic carbocycles. The van der Waals surface area contributed by atoms with Crippen LogP contribution in [0, 0.1) is 5.92 Å². The topological polar surface area (TPSA) is 123 Å². The second-order valence-corrected chi connectivity index (χ2v) is 6.68. The number of ether oxygens (including phenoxy) is 2. The SMILES string of the molecule is CC(C)C(NC(=O)OCc1ccccc1)C(=O)NC1COCCNC(=O)C1=O. The normalized spacial score (nSPS) is 18.5. The molecule has 0 radical (unpaired) electrons. The molecule has 0 bridgehead atoms. The van der Waals surface area contributed by atoms with E-state index < -0.39 is 35.8 Å². The van der Waals surface area contributed by atoms with Crippen molar-refractivity contribution >= 4 is 23.7 Å². The van der Waals surface area contributed by atoms with Gasteiger partial charge in [0.15, 0.2) is 0 Å². The third-order valence-corrected chi connectivity index (χ3v) is 4.11. The van der Waals surface area contributed by atoms with E-state index in [2.05, 4.69) is 16.0 Å². The Hall–Kier alpha value is -2.94. The fourth-order valence-corrected chi connectivity index (χ4v) is 2.55. The predicted octanol–water partition coefficient (Wildman–Crippen LogP) is 0.138. The van der Waals surface area contributed by atoms with Crippen LogP contribution in [0.2, 0.25) is 0 Å². The monoisotopic (exact) mass is 391 g/mol. The molecule has 0 spiro atoms. The summed E-state index contributed by atoms with van der Waals surface area (Å²) < 4.78 is 10.4. The van der Waals surface area contributed by atoms with Crippen LogP contribution in [-0.2, 0) is 30.5 Å². The van der Waals surface area contributed by atoms with E-state index in [4.69, 9.17) is 9.47 Å². The molecular formula is C19H25N3O6. The summed E-state index contributed by atoms with van der Waals surface area (Å²) in [5.74, 6) is -2.43. The predicted molar refractivity (Wildman–Crippen MR) is 99.2 cm³/mol. The highest BCUT2D eigenvalue weighted by molar-refractivity contribution is 6.38. The maximum Gasteiger partial charge on any atom is 0.408 e. The molecule has 1 aliphatic rings. The minimum atomic E-state index is -1.11. The highest BCUT2D eigenvalue weighted by atomic mass is 16.5. The zero-order valence-corrected chi connectivity index (χ0v) is 15.9. The van der Waals surface area contributed by atoms with Crippen molar-refractivity contribution in [3.05, 3.63) is 35.9 Å². The highest BCUT2D eigenvalue weighted by Gasteiger charge is 2.32. The number of carbonyl (C=O) groups is 4. The third kappa shape index (κ3) is 6.34. The lowest BCUT2D eigenvalue weighted by Crippen LogP contribution is -2.57. The molecule has 0 aliphatic carbocycles. The number of alkyl carbamates (subject to hydrolysis) is 1. The van der Waals surface area contributed by atoms with E-state index in [1.807, 2.05) is 30.3 Å². The van der Waals surface area contributed by atoms with Crippen LogP contribution in [0.1, 0.15) is 19.4 Å². The number of benzene rings is 1. The molecule has 1 saturated heterocycles. The zero-order chi connectivity index (χ0) is 20.5. The molecule has 3 amide bonds. The molecule has 28 heavy (non-hydrogen) atoms. The number of nitrogens with one attached hydrogen (secondary N) is 3. The Morgan fingerprint density at radius 3 is 2.64 bits per heavy atom. The molecule has 1 aliphatic heterocycles. The average Bonchev–Trinajstić information content (AvgIpc) is 2.68. The fourth-order valence-electron chi connectivity index (χ4n) is 2.55.